The van der Waals surface area contributed by atoms with Gasteiger partial charge >= 0.3 is 6.03 Å². The van der Waals surface area contributed by atoms with E-state index in [1.54, 1.807) is 0 Å². The van der Waals surface area contributed by atoms with Gasteiger partial charge in [0.05, 0.1) is 12.1 Å². The molecule has 1 aromatic rings. The summed E-state index contributed by atoms with van der Waals surface area (Å²) in [5.41, 5.74) is 3.04. The van der Waals surface area contributed by atoms with Crippen LogP contribution in [0.5, 0.6) is 0 Å². The summed E-state index contributed by atoms with van der Waals surface area (Å²) < 4.78 is 0. The SMILES string of the molecule is Cc1ccc(N=C2CC(=O)NC(=O)N2)cc1C. The Morgan fingerprint density at radius 3 is 2.53 bits per heavy atom. The first-order valence-electron chi connectivity index (χ1n) is 5.30. The van der Waals surface area contributed by atoms with Crippen molar-refractivity contribution in [2.24, 2.45) is 4.99 Å². The average Bonchev–Trinajstić information content (AvgIpc) is 2.22. The summed E-state index contributed by atoms with van der Waals surface area (Å²) in [6.45, 7) is 4.01. The van der Waals surface area contributed by atoms with Crippen LogP contribution in [0.15, 0.2) is 23.2 Å². The Balaban J connectivity index is 2.26. The number of hydrogen-bond acceptors (Lipinski definition) is 3. The highest BCUT2D eigenvalue weighted by Crippen LogP contribution is 2.17. The molecule has 0 aromatic heterocycles. The molecule has 0 atom stereocenters. The van der Waals surface area contributed by atoms with Crippen LogP contribution >= 0.6 is 0 Å². The fraction of sp³-hybridized carbons (Fsp3) is 0.250. The molecule has 0 aliphatic carbocycles. The molecule has 1 heterocycles. The summed E-state index contributed by atoms with van der Waals surface area (Å²) in [6, 6.07) is 5.21. The Kier molecular flexibility index (Phi) is 2.91. The molecular weight excluding hydrogens is 218 g/mol. The third kappa shape index (κ3) is 2.69. The van der Waals surface area contributed by atoms with Gasteiger partial charge in [0, 0.05) is 0 Å². The normalized spacial score (nSPS) is 17.9. The highest BCUT2D eigenvalue weighted by Gasteiger charge is 2.19. The molecular formula is C12H13N3O2. The fourth-order valence-electron chi connectivity index (χ4n) is 1.55. The number of carbonyl (C=O) groups is 2. The van der Waals surface area contributed by atoms with E-state index in [-0.39, 0.29) is 12.3 Å². The number of rotatable bonds is 1. The topological polar surface area (TPSA) is 70.6 Å². The van der Waals surface area contributed by atoms with Crippen LogP contribution in [0.3, 0.4) is 0 Å². The predicted molar refractivity (Wildman–Crippen MR) is 64.3 cm³/mol. The average molecular weight is 231 g/mol. The first kappa shape index (κ1) is 11.3. The summed E-state index contributed by atoms with van der Waals surface area (Å²) in [4.78, 5) is 26.5. The van der Waals surface area contributed by atoms with E-state index in [2.05, 4.69) is 15.6 Å². The molecule has 0 radical (unpaired) electrons. The second-order valence-corrected chi connectivity index (χ2v) is 4.01. The van der Waals surface area contributed by atoms with Crippen LogP contribution in [0.25, 0.3) is 0 Å². The highest BCUT2D eigenvalue weighted by atomic mass is 16.2. The number of imide groups is 1. The molecule has 88 valence electrons. The lowest BCUT2D eigenvalue weighted by Crippen LogP contribution is -2.49. The van der Waals surface area contributed by atoms with Crippen molar-refractivity contribution in [1.82, 2.24) is 10.6 Å². The second-order valence-electron chi connectivity index (χ2n) is 4.01. The van der Waals surface area contributed by atoms with Gasteiger partial charge in [0.25, 0.3) is 0 Å². The standard InChI is InChI=1S/C12H13N3O2/c1-7-3-4-9(5-8(7)2)13-10-6-11(16)15-12(17)14-10/h3-5H,6H2,1-2H3,(H2,13,14,15,16,17). The Morgan fingerprint density at radius 1 is 1.12 bits per heavy atom. The maximum Gasteiger partial charge on any atom is 0.326 e. The molecule has 2 N–H and O–H groups in total. The molecule has 3 amide bonds. The van der Waals surface area contributed by atoms with Gasteiger partial charge in [0.1, 0.15) is 5.84 Å². The Hall–Kier alpha value is -2.17. The van der Waals surface area contributed by atoms with Crippen molar-refractivity contribution >= 4 is 23.5 Å². The number of hydrogen-bond donors (Lipinski definition) is 2. The fourth-order valence-corrected chi connectivity index (χ4v) is 1.55. The lowest BCUT2D eigenvalue weighted by atomic mass is 10.1. The number of aryl methyl sites for hydroxylation is 2. The molecule has 0 saturated carbocycles. The van der Waals surface area contributed by atoms with Crippen molar-refractivity contribution in [3.63, 3.8) is 0 Å². The van der Waals surface area contributed by atoms with Crippen molar-refractivity contribution < 1.29 is 9.59 Å². The first-order valence-corrected chi connectivity index (χ1v) is 5.30. The number of amidine groups is 1. The quantitative estimate of drug-likeness (QED) is 0.770. The van der Waals surface area contributed by atoms with E-state index >= 15 is 0 Å². The lowest BCUT2D eigenvalue weighted by molar-refractivity contribution is -0.119. The summed E-state index contributed by atoms with van der Waals surface area (Å²) in [5.74, 6) is 0.0401. The number of amides is 3. The van der Waals surface area contributed by atoms with Crippen molar-refractivity contribution in [2.75, 3.05) is 0 Å². The zero-order valence-corrected chi connectivity index (χ0v) is 9.70. The highest BCUT2D eigenvalue weighted by molar-refractivity contribution is 6.16. The zero-order valence-electron chi connectivity index (χ0n) is 9.70. The minimum absolute atomic E-state index is 0.0959. The minimum atomic E-state index is -0.524. The van der Waals surface area contributed by atoms with Crippen LogP contribution in [0.2, 0.25) is 0 Å². The number of nitrogens with one attached hydrogen (secondary N) is 2. The Labute approximate surface area is 98.9 Å². The van der Waals surface area contributed by atoms with Gasteiger partial charge in [-0.25, -0.2) is 9.79 Å². The summed E-state index contributed by atoms with van der Waals surface area (Å²) in [6.07, 6.45) is 0.0959. The number of aliphatic imine (C=N–C) groups is 1. The van der Waals surface area contributed by atoms with Gasteiger partial charge in [-0.2, -0.15) is 0 Å². The molecule has 17 heavy (non-hydrogen) atoms. The molecule has 1 fully saturated rings. The second kappa shape index (κ2) is 4.37. The van der Waals surface area contributed by atoms with Crippen molar-refractivity contribution in [1.29, 1.82) is 0 Å². The van der Waals surface area contributed by atoms with Crippen LogP contribution in [-0.2, 0) is 4.79 Å². The van der Waals surface area contributed by atoms with Gasteiger partial charge in [-0.1, -0.05) is 6.07 Å². The van der Waals surface area contributed by atoms with Crippen LogP contribution in [0.1, 0.15) is 17.5 Å². The zero-order chi connectivity index (χ0) is 12.4. The van der Waals surface area contributed by atoms with E-state index in [0.717, 1.165) is 11.3 Å². The van der Waals surface area contributed by atoms with Crippen LogP contribution in [-0.4, -0.2) is 17.8 Å². The molecule has 1 saturated heterocycles. The van der Waals surface area contributed by atoms with Gasteiger partial charge < -0.3 is 0 Å². The Bertz CT molecular complexity index is 502. The smallest absolute Gasteiger partial charge is 0.295 e. The maximum absolute atomic E-state index is 11.1. The van der Waals surface area contributed by atoms with E-state index in [1.807, 2.05) is 32.0 Å². The van der Waals surface area contributed by atoms with Crippen molar-refractivity contribution in [3.05, 3.63) is 29.3 Å². The molecule has 1 aliphatic heterocycles. The van der Waals surface area contributed by atoms with Gasteiger partial charge in [-0.3, -0.25) is 15.4 Å². The van der Waals surface area contributed by atoms with E-state index in [4.69, 9.17) is 0 Å². The largest absolute Gasteiger partial charge is 0.326 e. The third-order valence-electron chi connectivity index (χ3n) is 2.59. The lowest BCUT2D eigenvalue weighted by Gasteiger charge is -2.14. The number of benzene rings is 1. The molecule has 0 unspecified atom stereocenters. The molecule has 1 aromatic carbocycles. The first-order chi connectivity index (χ1) is 8.04. The van der Waals surface area contributed by atoms with Crippen LogP contribution < -0.4 is 10.6 Å². The van der Waals surface area contributed by atoms with E-state index in [1.165, 1.54) is 5.56 Å². The Morgan fingerprint density at radius 2 is 1.88 bits per heavy atom. The maximum atomic E-state index is 11.1. The third-order valence-corrected chi connectivity index (χ3v) is 2.59. The number of nitrogens with zero attached hydrogens (tertiary/aromatic N) is 1. The molecule has 1 aliphatic rings. The number of carbonyl (C=O) groups excluding carboxylic acids is 2. The van der Waals surface area contributed by atoms with Crippen molar-refractivity contribution in [2.45, 2.75) is 20.3 Å². The molecule has 2 rings (SSSR count). The molecule has 5 nitrogen and oxygen atoms in total. The summed E-state index contributed by atoms with van der Waals surface area (Å²) in [5, 5.41) is 4.65. The van der Waals surface area contributed by atoms with Gasteiger partial charge in [-0.05, 0) is 37.1 Å². The van der Waals surface area contributed by atoms with Gasteiger partial charge in [0.2, 0.25) is 5.91 Å². The van der Waals surface area contributed by atoms with E-state index in [9.17, 15) is 9.59 Å². The molecule has 5 heteroatoms. The predicted octanol–water partition coefficient (Wildman–Crippen LogP) is 1.56. The van der Waals surface area contributed by atoms with Gasteiger partial charge in [-0.15, -0.1) is 0 Å². The van der Waals surface area contributed by atoms with Gasteiger partial charge in [0.15, 0.2) is 0 Å². The molecule has 0 spiro atoms. The van der Waals surface area contributed by atoms with Crippen molar-refractivity contribution in [3.8, 4) is 0 Å². The molecule has 0 bridgehead atoms. The van der Waals surface area contributed by atoms with Crippen LogP contribution in [0, 0.1) is 13.8 Å². The summed E-state index contributed by atoms with van der Waals surface area (Å²) in [7, 11) is 0. The summed E-state index contributed by atoms with van der Waals surface area (Å²) >= 11 is 0. The van der Waals surface area contributed by atoms with E-state index < -0.39 is 6.03 Å². The van der Waals surface area contributed by atoms with Crippen LogP contribution in [0.4, 0.5) is 10.5 Å². The monoisotopic (exact) mass is 231 g/mol. The van der Waals surface area contributed by atoms with E-state index in [0.29, 0.717) is 5.84 Å². The minimum Gasteiger partial charge on any atom is -0.295 e. The number of urea groups is 1.